The standard InChI is InChI=1S/C16H18N4O2/c1-22-16-13(5-4-9-18-16)15(21)19-12-7-10-20(11-12)14-6-2-3-8-17-14/h2-6,8-9,12H,7,10-11H2,1H3,(H,19,21). The Morgan fingerprint density at radius 3 is 2.91 bits per heavy atom. The van der Waals surface area contributed by atoms with Gasteiger partial charge in [-0.25, -0.2) is 9.97 Å². The number of nitrogens with one attached hydrogen (secondary N) is 1. The van der Waals surface area contributed by atoms with Gasteiger partial charge in [0.25, 0.3) is 5.91 Å². The van der Waals surface area contributed by atoms with E-state index in [9.17, 15) is 4.79 Å². The van der Waals surface area contributed by atoms with E-state index in [4.69, 9.17) is 4.74 Å². The summed E-state index contributed by atoms with van der Waals surface area (Å²) in [5, 5.41) is 3.04. The van der Waals surface area contributed by atoms with E-state index in [1.807, 2.05) is 18.2 Å². The third-order valence-electron chi connectivity index (χ3n) is 3.71. The Morgan fingerprint density at radius 2 is 2.14 bits per heavy atom. The van der Waals surface area contributed by atoms with Gasteiger partial charge < -0.3 is 15.0 Å². The van der Waals surface area contributed by atoms with Crippen molar-refractivity contribution >= 4 is 11.7 Å². The van der Waals surface area contributed by atoms with Gasteiger partial charge in [-0.1, -0.05) is 6.07 Å². The molecular formula is C16H18N4O2. The lowest BCUT2D eigenvalue weighted by Crippen LogP contribution is -2.37. The number of hydrogen-bond donors (Lipinski definition) is 1. The van der Waals surface area contributed by atoms with Crippen LogP contribution in [0.3, 0.4) is 0 Å². The van der Waals surface area contributed by atoms with E-state index in [1.54, 1.807) is 24.5 Å². The average molecular weight is 298 g/mol. The van der Waals surface area contributed by atoms with Crippen LogP contribution >= 0.6 is 0 Å². The molecule has 6 heteroatoms. The molecule has 1 aliphatic heterocycles. The molecule has 0 spiro atoms. The SMILES string of the molecule is COc1ncccc1C(=O)NC1CCN(c2ccccn2)C1. The molecule has 1 N–H and O–H groups in total. The second-order valence-electron chi connectivity index (χ2n) is 5.15. The summed E-state index contributed by atoms with van der Waals surface area (Å²) < 4.78 is 5.13. The molecule has 0 aromatic carbocycles. The van der Waals surface area contributed by atoms with E-state index < -0.39 is 0 Å². The number of hydrogen-bond acceptors (Lipinski definition) is 5. The maximum absolute atomic E-state index is 12.4. The third kappa shape index (κ3) is 3.00. The lowest BCUT2D eigenvalue weighted by Gasteiger charge is -2.18. The first kappa shape index (κ1) is 14.3. The number of carbonyl (C=O) groups is 1. The van der Waals surface area contributed by atoms with Gasteiger partial charge in [0, 0.05) is 31.5 Å². The van der Waals surface area contributed by atoms with Crippen LogP contribution in [0.25, 0.3) is 0 Å². The van der Waals surface area contributed by atoms with Gasteiger partial charge in [0.1, 0.15) is 11.4 Å². The monoisotopic (exact) mass is 298 g/mol. The Balaban J connectivity index is 1.64. The highest BCUT2D eigenvalue weighted by atomic mass is 16.5. The normalized spacial score (nSPS) is 17.3. The second kappa shape index (κ2) is 6.43. The fourth-order valence-electron chi connectivity index (χ4n) is 2.62. The quantitative estimate of drug-likeness (QED) is 0.926. The van der Waals surface area contributed by atoms with E-state index in [0.717, 1.165) is 25.3 Å². The topological polar surface area (TPSA) is 67.3 Å². The maximum atomic E-state index is 12.4. The molecule has 3 heterocycles. The summed E-state index contributed by atoms with van der Waals surface area (Å²) in [6.45, 7) is 1.64. The van der Waals surface area contributed by atoms with Crippen molar-refractivity contribution in [3.8, 4) is 5.88 Å². The lowest BCUT2D eigenvalue weighted by molar-refractivity contribution is 0.0936. The predicted molar refractivity (Wildman–Crippen MR) is 83.1 cm³/mol. The van der Waals surface area contributed by atoms with Crippen LogP contribution in [0.1, 0.15) is 16.8 Å². The first-order valence-corrected chi connectivity index (χ1v) is 7.24. The van der Waals surface area contributed by atoms with Gasteiger partial charge >= 0.3 is 0 Å². The number of pyridine rings is 2. The van der Waals surface area contributed by atoms with Crippen LogP contribution in [0.15, 0.2) is 42.7 Å². The minimum atomic E-state index is -0.155. The van der Waals surface area contributed by atoms with Crippen molar-refractivity contribution in [1.82, 2.24) is 15.3 Å². The Bertz CT molecular complexity index is 648. The molecule has 1 amide bonds. The molecule has 0 radical (unpaired) electrons. The summed E-state index contributed by atoms with van der Waals surface area (Å²) in [6, 6.07) is 9.38. The van der Waals surface area contributed by atoms with Crippen LogP contribution in [0.4, 0.5) is 5.82 Å². The molecule has 6 nitrogen and oxygen atoms in total. The highest BCUT2D eigenvalue weighted by Gasteiger charge is 2.26. The van der Waals surface area contributed by atoms with Crippen molar-refractivity contribution in [3.05, 3.63) is 48.3 Å². The Kier molecular flexibility index (Phi) is 4.18. The van der Waals surface area contributed by atoms with Crippen LogP contribution in [-0.4, -0.2) is 42.1 Å². The molecular weight excluding hydrogens is 280 g/mol. The number of methoxy groups -OCH3 is 1. The van der Waals surface area contributed by atoms with E-state index in [0.29, 0.717) is 11.4 Å². The molecule has 22 heavy (non-hydrogen) atoms. The summed E-state index contributed by atoms with van der Waals surface area (Å²) in [4.78, 5) is 22.9. The first-order valence-electron chi connectivity index (χ1n) is 7.24. The molecule has 2 aromatic heterocycles. The zero-order valence-corrected chi connectivity index (χ0v) is 12.4. The van der Waals surface area contributed by atoms with Crippen molar-refractivity contribution in [2.75, 3.05) is 25.1 Å². The molecule has 114 valence electrons. The molecule has 2 aromatic rings. The number of ether oxygens (including phenoxy) is 1. The van der Waals surface area contributed by atoms with Crippen LogP contribution in [0.5, 0.6) is 5.88 Å². The number of rotatable bonds is 4. The minimum Gasteiger partial charge on any atom is -0.480 e. The Morgan fingerprint density at radius 1 is 1.27 bits per heavy atom. The van der Waals surface area contributed by atoms with Gasteiger partial charge in [0.15, 0.2) is 0 Å². The zero-order valence-electron chi connectivity index (χ0n) is 12.4. The average Bonchev–Trinajstić information content (AvgIpc) is 3.04. The molecule has 3 rings (SSSR count). The van der Waals surface area contributed by atoms with Gasteiger partial charge in [0.05, 0.1) is 7.11 Å². The lowest BCUT2D eigenvalue weighted by atomic mass is 10.2. The molecule has 1 atom stereocenters. The summed E-state index contributed by atoms with van der Waals surface area (Å²) >= 11 is 0. The van der Waals surface area contributed by atoms with E-state index in [-0.39, 0.29) is 11.9 Å². The smallest absolute Gasteiger partial charge is 0.257 e. The Labute approximate surface area is 129 Å². The second-order valence-corrected chi connectivity index (χ2v) is 5.15. The van der Waals surface area contributed by atoms with Crippen LogP contribution in [-0.2, 0) is 0 Å². The van der Waals surface area contributed by atoms with E-state index >= 15 is 0 Å². The molecule has 0 aliphatic carbocycles. The molecule has 1 unspecified atom stereocenters. The van der Waals surface area contributed by atoms with Gasteiger partial charge in [-0.2, -0.15) is 0 Å². The number of aromatic nitrogens is 2. The highest BCUT2D eigenvalue weighted by molar-refractivity contribution is 5.96. The number of amides is 1. The Hall–Kier alpha value is -2.63. The van der Waals surface area contributed by atoms with Crippen molar-refractivity contribution in [1.29, 1.82) is 0 Å². The molecule has 1 saturated heterocycles. The molecule has 0 saturated carbocycles. The fraction of sp³-hybridized carbons (Fsp3) is 0.312. The predicted octanol–water partition coefficient (Wildman–Crippen LogP) is 1.49. The van der Waals surface area contributed by atoms with Gasteiger partial charge in [-0.15, -0.1) is 0 Å². The summed E-state index contributed by atoms with van der Waals surface area (Å²) in [7, 11) is 1.51. The number of anilines is 1. The minimum absolute atomic E-state index is 0.0967. The van der Waals surface area contributed by atoms with Crippen molar-refractivity contribution in [2.24, 2.45) is 0 Å². The maximum Gasteiger partial charge on any atom is 0.257 e. The van der Waals surface area contributed by atoms with Crippen LogP contribution in [0, 0.1) is 0 Å². The van der Waals surface area contributed by atoms with Crippen molar-refractivity contribution in [3.63, 3.8) is 0 Å². The molecule has 1 fully saturated rings. The van der Waals surface area contributed by atoms with E-state index in [1.165, 1.54) is 7.11 Å². The van der Waals surface area contributed by atoms with Crippen LogP contribution < -0.4 is 15.0 Å². The van der Waals surface area contributed by atoms with E-state index in [2.05, 4.69) is 20.2 Å². The van der Waals surface area contributed by atoms with Gasteiger partial charge in [0.2, 0.25) is 5.88 Å². The summed E-state index contributed by atoms with van der Waals surface area (Å²) in [5.41, 5.74) is 0.460. The van der Waals surface area contributed by atoms with Crippen LogP contribution in [0.2, 0.25) is 0 Å². The number of carbonyl (C=O) groups excluding carboxylic acids is 1. The van der Waals surface area contributed by atoms with Crippen molar-refractivity contribution < 1.29 is 9.53 Å². The molecule has 0 bridgehead atoms. The third-order valence-corrected chi connectivity index (χ3v) is 3.71. The van der Waals surface area contributed by atoms with Crippen molar-refractivity contribution in [2.45, 2.75) is 12.5 Å². The highest BCUT2D eigenvalue weighted by Crippen LogP contribution is 2.19. The first-order chi connectivity index (χ1) is 10.8. The summed E-state index contributed by atoms with van der Waals surface area (Å²) in [6.07, 6.45) is 4.28. The van der Waals surface area contributed by atoms with Gasteiger partial charge in [-0.05, 0) is 30.7 Å². The summed E-state index contributed by atoms with van der Waals surface area (Å²) in [5.74, 6) is 1.13. The molecule has 1 aliphatic rings. The zero-order chi connectivity index (χ0) is 15.4. The largest absolute Gasteiger partial charge is 0.480 e. The fourth-order valence-corrected chi connectivity index (χ4v) is 2.62. The van der Waals surface area contributed by atoms with Gasteiger partial charge in [-0.3, -0.25) is 4.79 Å². The number of nitrogens with zero attached hydrogens (tertiary/aromatic N) is 3.